The van der Waals surface area contributed by atoms with E-state index in [9.17, 15) is 5.11 Å². The first-order valence-corrected chi connectivity index (χ1v) is 13.6. The Morgan fingerprint density at radius 1 is 1.00 bits per heavy atom. The van der Waals surface area contributed by atoms with Crippen molar-refractivity contribution in [3.05, 3.63) is 65.7 Å². The van der Waals surface area contributed by atoms with Crippen molar-refractivity contribution in [1.82, 2.24) is 4.90 Å². The zero-order valence-electron chi connectivity index (χ0n) is 16.7. The van der Waals surface area contributed by atoms with Crippen LogP contribution in [-0.4, -0.2) is 43.4 Å². The smallest absolute Gasteiger partial charge is 0.0928 e. The van der Waals surface area contributed by atoms with Crippen molar-refractivity contribution >= 4 is 13.3 Å². The van der Waals surface area contributed by atoms with Crippen molar-refractivity contribution in [2.24, 2.45) is 0 Å². The highest BCUT2D eigenvalue weighted by molar-refractivity contribution is 6.88. The van der Waals surface area contributed by atoms with Gasteiger partial charge in [-0.3, -0.25) is 4.90 Å². The molecular formula is C23H31NO2Si. The van der Waals surface area contributed by atoms with E-state index in [1.54, 1.807) is 0 Å². The maximum Gasteiger partial charge on any atom is 0.0928 e. The van der Waals surface area contributed by atoms with E-state index in [-0.39, 0.29) is 12.1 Å². The Morgan fingerprint density at radius 2 is 1.67 bits per heavy atom. The molecule has 2 atom stereocenters. The van der Waals surface area contributed by atoms with Crippen molar-refractivity contribution in [1.29, 1.82) is 0 Å². The third kappa shape index (κ3) is 3.90. The molecule has 1 N–H and O–H groups in total. The van der Waals surface area contributed by atoms with Gasteiger partial charge in [-0.05, 0) is 24.0 Å². The van der Waals surface area contributed by atoms with Crippen molar-refractivity contribution in [2.75, 3.05) is 13.2 Å². The number of fused-ring (bicyclic) bond motifs is 2. The van der Waals surface area contributed by atoms with Crippen LogP contribution in [0.4, 0.5) is 0 Å². The molecule has 2 fully saturated rings. The van der Waals surface area contributed by atoms with Gasteiger partial charge in [0.05, 0.1) is 26.9 Å². The number of benzene rings is 2. The summed E-state index contributed by atoms with van der Waals surface area (Å²) in [5.41, 5.74) is 1.68. The molecule has 144 valence electrons. The van der Waals surface area contributed by atoms with Crippen LogP contribution in [0.3, 0.4) is 0 Å². The normalized spacial score (nSPS) is 28.9. The minimum atomic E-state index is -1.40. The molecule has 4 heteroatoms. The van der Waals surface area contributed by atoms with Gasteiger partial charge < -0.3 is 9.84 Å². The van der Waals surface area contributed by atoms with E-state index in [1.165, 1.54) is 10.8 Å². The summed E-state index contributed by atoms with van der Waals surface area (Å²) in [6, 6.07) is 19.9. The summed E-state index contributed by atoms with van der Waals surface area (Å²) in [6.45, 7) is 9.44. The van der Waals surface area contributed by atoms with Gasteiger partial charge in [-0.1, -0.05) is 79.4 Å². The highest BCUT2D eigenvalue weighted by atomic mass is 28.3. The lowest BCUT2D eigenvalue weighted by Gasteiger charge is -2.52. The third-order valence-corrected chi connectivity index (χ3v) is 8.22. The van der Waals surface area contributed by atoms with E-state index in [0.717, 1.165) is 24.9 Å². The van der Waals surface area contributed by atoms with Gasteiger partial charge in [-0.15, -0.1) is 0 Å². The number of hydrogen-bond donors (Lipinski definition) is 1. The van der Waals surface area contributed by atoms with Crippen molar-refractivity contribution < 1.29 is 9.84 Å². The molecule has 0 aliphatic carbocycles. The second-order valence-electron chi connectivity index (χ2n) is 9.27. The topological polar surface area (TPSA) is 32.7 Å². The monoisotopic (exact) mass is 381 g/mol. The van der Waals surface area contributed by atoms with Crippen LogP contribution >= 0.6 is 0 Å². The van der Waals surface area contributed by atoms with Crippen LogP contribution in [0, 0.1) is 0 Å². The number of rotatable bonds is 4. The summed E-state index contributed by atoms with van der Waals surface area (Å²) >= 11 is 0. The van der Waals surface area contributed by atoms with Gasteiger partial charge in [0.15, 0.2) is 0 Å². The summed E-state index contributed by atoms with van der Waals surface area (Å²) in [7, 11) is -1.40. The van der Waals surface area contributed by atoms with Crippen molar-refractivity contribution in [3.63, 3.8) is 0 Å². The number of ether oxygens (including phenoxy) is 1. The Labute approximate surface area is 164 Å². The number of hydrogen-bond acceptors (Lipinski definition) is 3. The number of morpholine rings is 1. The minimum Gasteiger partial charge on any atom is -0.385 e. The average molecular weight is 382 g/mol. The lowest BCUT2D eigenvalue weighted by Crippen LogP contribution is -2.60. The molecule has 4 rings (SSSR count). The van der Waals surface area contributed by atoms with Gasteiger partial charge in [0, 0.05) is 18.6 Å². The summed E-state index contributed by atoms with van der Waals surface area (Å²) in [5, 5.41) is 13.1. The Bertz CT molecular complexity index is 772. The maximum atomic E-state index is 11.7. The second-order valence-corrected chi connectivity index (χ2v) is 14.4. The fraction of sp³-hybridized carbons (Fsp3) is 0.478. The summed E-state index contributed by atoms with van der Waals surface area (Å²) in [4.78, 5) is 2.55. The standard InChI is InChI=1S/C23H31NO2Si/c1-27(2,3)22-11-7-10-19(12-22)23(25)13-20-16-26-17-21(14-23)24(20)15-18-8-5-4-6-9-18/h4-12,20-21,25H,13-17H2,1-3H3. The molecule has 2 aliphatic rings. The SMILES string of the molecule is C[Si](C)(C)c1cccc(C2(O)CC3COCC(C2)N3Cc2ccccc2)c1. The van der Waals surface area contributed by atoms with E-state index >= 15 is 0 Å². The quantitative estimate of drug-likeness (QED) is 0.823. The average Bonchev–Trinajstić information content (AvgIpc) is 2.63. The molecule has 0 saturated carbocycles. The Balaban J connectivity index is 1.59. The second kappa shape index (κ2) is 7.17. The summed E-state index contributed by atoms with van der Waals surface area (Å²) in [5.74, 6) is 0. The van der Waals surface area contributed by atoms with Gasteiger partial charge >= 0.3 is 0 Å². The van der Waals surface area contributed by atoms with Gasteiger partial charge in [0.2, 0.25) is 0 Å². The van der Waals surface area contributed by atoms with Gasteiger partial charge in [0.1, 0.15) is 0 Å². The molecule has 2 aromatic rings. The van der Waals surface area contributed by atoms with E-state index in [4.69, 9.17) is 4.74 Å². The van der Waals surface area contributed by atoms with Crippen LogP contribution in [0.5, 0.6) is 0 Å². The number of piperidine rings is 1. The maximum absolute atomic E-state index is 11.7. The number of nitrogens with zero attached hydrogens (tertiary/aromatic N) is 1. The van der Waals surface area contributed by atoms with Crippen LogP contribution in [0.2, 0.25) is 19.6 Å². The first kappa shape index (κ1) is 18.9. The highest BCUT2D eigenvalue weighted by Gasteiger charge is 2.47. The van der Waals surface area contributed by atoms with Crippen LogP contribution < -0.4 is 5.19 Å². The van der Waals surface area contributed by atoms with Gasteiger partial charge in [-0.25, -0.2) is 0 Å². The summed E-state index contributed by atoms with van der Waals surface area (Å²) in [6.07, 6.45) is 1.48. The van der Waals surface area contributed by atoms with Crippen LogP contribution in [0.25, 0.3) is 0 Å². The third-order valence-electron chi connectivity index (χ3n) is 6.18. The largest absolute Gasteiger partial charge is 0.385 e. The zero-order chi connectivity index (χ0) is 19.1. The molecule has 27 heavy (non-hydrogen) atoms. The molecule has 0 amide bonds. The van der Waals surface area contributed by atoms with Crippen molar-refractivity contribution in [2.45, 2.75) is 56.7 Å². The predicted molar refractivity (Wildman–Crippen MR) is 113 cm³/mol. The van der Waals surface area contributed by atoms with Crippen molar-refractivity contribution in [3.8, 4) is 0 Å². The summed E-state index contributed by atoms with van der Waals surface area (Å²) < 4.78 is 5.87. The van der Waals surface area contributed by atoms with Crippen LogP contribution in [-0.2, 0) is 16.9 Å². The lowest BCUT2D eigenvalue weighted by atomic mass is 9.76. The van der Waals surface area contributed by atoms with E-state index < -0.39 is 13.7 Å². The van der Waals surface area contributed by atoms with E-state index in [0.29, 0.717) is 13.2 Å². The first-order valence-electron chi connectivity index (χ1n) is 10.1. The molecule has 2 aliphatic heterocycles. The Kier molecular flexibility index (Phi) is 5.01. The molecule has 0 radical (unpaired) electrons. The molecule has 2 bridgehead atoms. The fourth-order valence-corrected chi connectivity index (χ4v) is 5.79. The van der Waals surface area contributed by atoms with Gasteiger partial charge in [-0.2, -0.15) is 0 Å². The molecular weight excluding hydrogens is 350 g/mol. The molecule has 2 unspecified atom stereocenters. The Hall–Kier alpha value is -1.46. The molecule has 2 aromatic carbocycles. The van der Waals surface area contributed by atoms with Crippen LogP contribution in [0.15, 0.2) is 54.6 Å². The Morgan fingerprint density at radius 3 is 2.30 bits per heavy atom. The molecule has 0 spiro atoms. The van der Waals surface area contributed by atoms with E-state index in [1.807, 2.05) is 0 Å². The molecule has 2 saturated heterocycles. The first-order chi connectivity index (χ1) is 12.9. The van der Waals surface area contributed by atoms with Crippen LogP contribution in [0.1, 0.15) is 24.0 Å². The molecule has 3 nitrogen and oxygen atoms in total. The molecule has 0 aromatic heterocycles. The fourth-order valence-electron chi connectivity index (χ4n) is 4.61. The number of aliphatic hydroxyl groups is 1. The predicted octanol–water partition coefficient (Wildman–Crippen LogP) is 3.48. The zero-order valence-corrected chi connectivity index (χ0v) is 17.7. The minimum absolute atomic E-state index is 0.262. The van der Waals surface area contributed by atoms with E-state index in [2.05, 4.69) is 79.1 Å². The van der Waals surface area contributed by atoms with Gasteiger partial charge in [0.25, 0.3) is 0 Å². The lowest BCUT2D eigenvalue weighted by molar-refractivity contribution is -0.149. The molecule has 2 heterocycles. The highest BCUT2D eigenvalue weighted by Crippen LogP contribution is 2.41.